The van der Waals surface area contributed by atoms with Crippen molar-refractivity contribution in [2.45, 2.75) is 33.2 Å². The molecule has 0 saturated heterocycles. The van der Waals surface area contributed by atoms with Crippen LogP contribution in [-0.4, -0.2) is 24.5 Å². The van der Waals surface area contributed by atoms with Crippen molar-refractivity contribution in [3.63, 3.8) is 0 Å². The highest BCUT2D eigenvalue weighted by Crippen LogP contribution is 2.15. The first-order chi connectivity index (χ1) is 12.9. The van der Waals surface area contributed by atoms with Gasteiger partial charge in [-0.1, -0.05) is 48.0 Å². The second kappa shape index (κ2) is 11.4. The largest absolute Gasteiger partial charge is 0.464 e. The van der Waals surface area contributed by atoms with Crippen LogP contribution in [0.15, 0.2) is 46.9 Å². The zero-order valence-corrected chi connectivity index (χ0v) is 17.0. The van der Waals surface area contributed by atoms with Gasteiger partial charge in [0.25, 0.3) is 5.91 Å². The molecule has 7 heteroatoms. The number of hydrogen-bond acceptors (Lipinski definition) is 3. The van der Waals surface area contributed by atoms with Crippen LogP contribution < -0.4 is 5.32 Å². The van der Waals surface area contributed by atoms with Gasteiger partial charge in [-0.15, -0.1) is 0 Å². The minimum Gasteiger partial charge on any atom is -0.464 e. The van der Waals surface area contributed by atoms with Crippen LogP contribution in [0.3, 0.4) is 0 Å². The van der Waals surface area contributed by atoms with E-state index in [0.29, 0.717) is 0 Å². The highest BCUT2D eigenvalue weighted by atomic mass is 79.9. The predicted octanol–water partition coefficient (Wildman–Crippen LogP) is 4.66. The van der Waals surface area contributed by atoms with Gasteiger partial charge in [-0.05, 0) is 36.8 Å². The van der Waals surface area contributed by atoms with Crippen molar-refractivity contribution in [1.82, 2.24) is 5.32 Å². The van der Waals surface area contributed by atoms with Crippen molar-refractivity contribution in [2.75, 3.05) is 6.61 Å². The van der Waals surface area contributed by atoms with Gasteiger partial charge in [-0.3, -0.25) is 4.79 Å². The van der Waals surface area contributed by atoms with Crippen molar-refractivity contribution in [1.29, 1.82) is 0 Å². The number of amides is 1. The quantitative estimate of drug-likeness (QED) is 0.663. The van der Waals surface area contributed by atoms with Crippen molar-refractivity contribution < 1.29 is 23.1 Å². The maximum atomic E-state index is 13.7. The van der Waals surface area contributed by atoms with E-state index in [4.69, 9.17) is 4.74 Å². The van der Waals surface area contributed by atoms with Crippen LogP contribution in [0.5, 0.6) is 0 Å². The first-order valence-electron chi connectivity index (χ1n) is 8.58. The molecular formula is C20H22BrF2NO3. The number of rotatable bonds is 6. The molecule has 2 rings (SSSR count). The van der Waals surface area contributed by atoms with Crippen LogP contribution in [0.1, 0.15) is 36.7 Å². The fourth-order valence-corrected chi connectivity index (χ4v) is 2.50. The molecule has 1 unspecified atom stereocenters. The fourth-order valence-electron chi connectivity index (χ4n) is 2.24. The molecule has 2 aromatic carbocycles. The SMILES string of the molecule is CC.CCOC(=O)C(Cc1ccc(Br)cc1)NC(=O)c1c(F)cccc1F. The maximum absolute atomic E-state index is 13.7. The summed E-state index contributed by atoms with van der Waals surface area (Å²) < 4.78 is 33.3. The van der Waals surface area contributed by atoms with E-state index in [9.17, 15) is 18.4 Å². The Bertz CT molecular complexity index is 746. The minimum atomic E-state index is -1.06. The van der Waals surface area contributed by atoms with Crippen molar-refractivity contribution in [2.24, 2.45) is 0 Å². The van der Waals surface area contributed by atoms with Crippen molar-refractivity contribution >= 4 is 27.8 Å². The van der Waals surface area contributed by atoms with E-state index >= 15 is 0 Å². The third kappa shape index (κ3) is 6.75. The Labute approximate surface area is 166 Å². The van der Waals surface area contributed by atoms with Crippen molar-refractivity contribution in [3.8, 4) is 0 Å². The lowest BCUT2D eigenvalue weighted by molar-refractivity contribution is -0.145. The number of carbonyl (C=O) groups is 2. The molecule has 146 valence electrons. The van der Waals surface area contributed by atoms with E-state index in [2.05, 4.69) is 21.2 Å². The normalized spacial score (nSPS) is 11.0. The van der Waals surface area contributed by atoms with Gasteiger partial charge in [0, 0.05) is 10.9 Å². The van der Waals surface area contributed by atoms with E-state index < -0.39 is 35.1 Å². The molecule has 0 radical (unpaired) electrons. The molecule has 1 amide bonds. The molecule has 0 aliphatic carbocycles. The molecule has 0 aliphatic heterocycles. The van der Waals surface area contributed by atoms with Crippen LogP contribution in [-0.2, 0) is 16.0 Å². The van der Waals surface area contributed by atoms with Crippen LogP contribution >= 0.6 is 15.9 Å². The number of halogens is 3. The number of carbonyl (C=O) groups excluding carboxylic acids is 2. The second-order valence-corrected chi connectivity index (χ2v) is 6.12. The molecule has 0 aliphatic rings. The molecule has 0 spiro atoms. The van der Waals surface area contributed by atoms with E-state index in [1.54, 1.807) is 31.2 Å². The number of hydrogen-bond donors (Lipinski definition) is 1. The van der Waals surface area contributed by atoms with Crippen LogP contribution in [0, 0.1) is 11.6 Å². The lowest BCUT2D eigenvalue weighted by Crippen LogP contribution is -2.44. The molecule has 0 fully saturated rings. The lowest BCUT2D eigenvalue weighted by Gasteiger charge is -2.18. The molecule has 2 aromatic rings. The summed E-state index contributed by atoms with van der Waals surface area (Å²) in [5.41, 5.74) is 0.0307. The Kier molecular flexibility index (Phi) is 9.64. The predicted molar refractivity (Wildman–Crippen MR) is 103 cm³/mol. The van der Waals surface area contributed by atoms with Gasteiger partial charge in [0.05, 0.1) is 6.61 Å². The smallest absolute Gasteiger partial charge is 0.328 e. The van der Waals surface area contributed by atoms with Gasteiger partial charge in [-0.25, -0.2) is 13.6 Å². The first-order valence-corrected chi connectivity index (χ1v) is 9.37. The summed E-state index contributed by atoms with van der Waals surface area (Å²) >= 11 is 3.31. The van der Waals surface area contributed by atoms with E-state index in [-0.39, 0.29) is 13.0 Å². The van der Waals surface area contributed by atoms with Gasteiger partial charge >= 0.3 is 5.97 Å². The Morgan fingerprint density at radius 2 is 1.63 bits per heavy atom. The zero-order valence-electron chi connectivity index (χ0n) is 15.4. The monoisotopic (exact) mass is 441 g/mol. The van der Waals surface area contributed by atoms with Crippen molar-refractivity contribution in [3.05, 3.63) is 69.7 Å². The third-order valence-corrected chi connectivity index (χ3v) is 3.95. The maximum Gasteiger partial charge on any atom is 0.328 e. The standard InChI is InChI=1S/C18H16BrF2NO3.C2H6/c1-2-25-18(24)15(10-11-6-8-12(19)9-7-11)22-17(23)16-13(20)4-3-5-14(16)21;1-2/h3-9,15H,2,10H2,1H3,(H,22,23);1-2H3. The van der Waals surface area contributed by atoms with Gasteiger partial charge < -0.3 is 10.1 Å². The molecule has 1 N–H and O–H groups in total. The molecule has 0 heterocycles. The highest BCUT2D eigenvalue weighted by molar-refractivity contribution is 9.10. The molecule has 0 saturated carbocycles. The summed E-state index contributed by atoms with van der Waals surface area (Å²) in [5, 5.41) is 2.36. The summed E-state index contributed by atoms with van der Waals surface area (Å²) in [6.07, 6.45) is 0.133. The Hall–Kier alpha value is -2.28. The second-order valence-electron chi connectivity index (χ2n) is 5.21. The average Bonchev–Trinajstić information content (AvgIpc) is 2.64. The average molecular weight is 442 g/mol. The number of benzene rings is 2. The lowest BCUT2D eigenvalue weighted by atomic mass is 10.1. The molecule has 0 bridgehead atoms. The third-order valence-electron chi connectivity index (χ3n) is 3.42. The fraction of sp³-hybridized carbons (Fsp3) is 0.300. The summed E-state index contributed by atoms with van der Waals surface area (Å²) in [4.78, 5) is 24.4. The van der Waals surface area contributed by atoms with Gasteiger partial charge in [0.1, 0.15) is 23.2 Å². The minimum absolute atomic E-state index is 0.125. The van der Waals surface area contributed by atoms with E-state index in [1.807, 2.05) is 13.8 Å². The van der Waals surface area contributed by atoms with E-state index in [0.717, 1.165) is 28.2 Å². The van der Waals surface area contributed by atoms with Gasteiger partial charge in [0.2, 0.25) is 0 Å². The van der Waals surface area contributed by atoms with Gasteiger partial charge in [-0.2, -0.15) is 0 Å². The topological polar surface area (TPSA) is 55.4 Å². The number of ether oxygens (including phenoxy) is 1. The molecule has 4 nitrogen and oxygen atoms in total. The summed E-state index contributed by atoms with van der Waals surface area (Å²) in [7, 11) is 0. The van der Waals surface area contributed by atoms with Crippen LogP contribution in [0.25, 0.3) is 0 Å². The summed E-state index contributed by atoms with van der Waals surface area (Å²) in [5.74, 6) is -3.67. The Morgan fingerprint density at radius 3 is 2.15 bits per heavy atom. The van der Waals surface area contributed by atoms with Crippen LogP contribution in [0.4, 0.5) is 8.78 Å². The summed E-state index contributed by atoms with van der Waals surface area (Å²) in [6, 6.07) is 9.17. The van der Waals surface area contributed by atoms with Crippen LogP contribution in [0.2, 0.25) is 0 Å². The molecule has 27 heavy (non-hydrogen) atoms. The molecule has 1 atom stereocenters. The zero-order chi connectivity index (χ0) is 20.4. The molecule has 0 aromatic heterocycles. The Morgan fingerprint density at radius 1 is 1.07 bits per heavy atom. The molecular weight excluding hydrogens is 420 g/mol. The Balaban J connectivity index is 0.00000176. The summed E-state index contributed by atoms with van der Waals surface area (Å²) in [6.45, 7) is 5.76. The highest BCUT2D eigenvalue weighted by Gasteiger charge is 2.26. The number of nitrogens with one attached hydrogen (secondary N) is 1. The van der Waals surface area contributed by atoms with Gasteiger partial charge in [0.15, 0.2) is 0 Å². The first kappa shape index (κ1) is 22.8. The number of esters is 1. The van der Waals surface area contributed by atoms with E-state index in [1.165, 1.54) is 0 Å².